The normalized spacial score (nSPS) is 30.0. The van der Waals surface area contributed by atoms with Crippen molar-refractivity contribution in [3.05, 3.63) is 11.8 Å². The fourth-order valence-electron chi connectivity index (χ4n) is 12.2. The molecule has 0 aliphatic heterocycles. The molecule has 2 unspecified atom stereocenters. The summed E-state index contributed by atoms with van der Waals surface area (Å²) >= 11 is 0. The highest BCUT2D eigenvalue weighted by Gasteiger charge is 2.47. The van der Waals surface area contributed by atoms with Crippen molar-refractivity contribution in [1.82, 2.24) is 14.7 Å². The van der Waals surface area contributed by atoms with E-state index in [-0.39, 0.29) is 29.7 Å². The molecular weight excluding hydrogens is 631 g/mol. The van der Waals surface area contributed by atoms with Crippen molar-refractivity contribution in [3.63, 3.8) is 0 Å². The smallest absolute Gasteiger partial charge is 0.230 e. The highest BCUT2D eigenvalue weighted by atomic mass is 16.2. The second-order valence-electron chi connectivity index (χ2n) is 18.4. The summed E-state index contributed by atoms with van der Waals surface area (Å²) in [6.45, 7) is 0. The molecule has 0 aromatic heterocycles. The van der Waals surface area contributed by atoms with Gasteiger partial charge in [0, 0.05) is 53.7 Å². The molecule has 3 amide bonds. The van der Waals surface area contributed by atoms with Crippen LogP contribution in [0.3, 0.4) is 0 Å². The quantitative estimate of drug-likeness (QED) is 0.240. The Labute approximate surface area is 311 Å². The van der Waals surface area contributed by atoms with Crippen LogP contribution in [0.2, 0.25) is 0 Å². The van der Waals surface area contributed by atoms with E-state index in [1.165, 1.54) is 108 Å². The van der Waals surface area contributed by atoms with E-state index in [9.17, 15) is 0 Å². The van der Waals surface area contributed by atoms with Gasteiger partial charge < -0.3 is 14.7 Å². The van der Waals surface area contributed by atoms with Crippen molar-refractivity contribution in [1.29, 1.82) is 0 Å². The second kappa shape index (κ2) is 18.5. The van der Waals surface area contributed by atoms with Crippen LogP contribution in [-0.2, 0) is 14.4 Å². The number of amides is 3. The van der Waals surface area contributed by atoms with E-state index in [1.54, 1.807) is 0 Å². The number of allylic oxidation sites excluding steroid dienone is 2. The number of hydrogen-bond acceptors (Lipinski definition) is 3. The minimum absolute atomic E-state index is 0.224. The minimum atomic E-state index is -0.245. The Bertz CT molecular complexity index is 1070. The molecule has 6 saturated carbocycles. The summed E-state index contributed by atoms with van der Waals surface area (Å²) in [5.41, 5.74) is 1.26. The fraction of sp³-hybridized carbons (Fsp3) is 0.889. The Balaban J connectivity index is 1.21. The molecule has 286 valence electrons. The van der Waals surface area contributed by atoms with Crippen LogP contribution in [0.5, 0.6) is 0 Å². The molecule has 0 saturated heterocycles. The van der Waals surface area contributed by atoms with Gasteiger partial charge in [0.15, 0.2) is 0 Å². The van der Waals surface area contributed by atoms with Crippen molar-refractivity contribution < 1.29 is 14.4 Å². The zero-order valence-electron chi connectivity index (χ0n) is 32.4. The Morgan fingerprint density at radius 2 is 0.725 bits per heavy atom. The van der Waals surface area contributed by atoms with E-state index in [2.05, 4.69) is 20.8 Å². The number of nitrogens with zero attached hydrogens (tertiary/aromatic N) is 3. The highest BCUT2D eigenvalue weighted by Crippen LogP contribution is 2.43. The van der Waals surface area contributed by atoms with Gasteiger partial charge in [-0.2, -0.15) is 0 Å². The number of carbonyl (C=O) groups excluding carboxylic acids is 3. The first-order valence-electron chi connectivity index (χ1n) is 22.7. The number of carbonyl (C=O) groups is 3. The van der Waals surface area contributed by atoms with Crippen molar-refractivity contribution in [2.75, 3.05) is 0 Å². The lowest BCUT2D eigenvalue weighted by atomic mass is 9.72. The van der Waals surface area contributed by atoms with Crippen molar-refractivity contribution >= 4 is 17.7 Å². The third kappa shape index (κ3) is 9.10. The maximum absolute atomic E-state index is 15.2. The monoisotopic (exact) mass is 704 g/mol. The molecule has 0 bridgehead atoms. The van der Waals surface area contributed by atoms with Gasteiger partial charge >= 0.3 is 0 Å². The summed E-state index contributed by atoms with van der Waals surface area (Å²) in [5.74, 6) is 0.191. The first-order chi connectivity index (χ1) is 25.1. The summed E-state index contributed by atoms with van der Waals surface area (Å²) in [7, 11) is 0. The lowest BCUT2D eigenvalue weighted by molar-refractivity contribution is -0.152. The summed E-state index contributed by atoms with van der Waals surface area (Å²) in [4.78, 5) is 52.8. The molecule has 6 heteroatoms. The molecule has 0 spiro atoms. The maximum atomic E-state index is 15.2. The Morgan fingerprint density at radius 3 is 1.06 bits per heavy atom. The first kappa shape index (κ1) is 37.5. The van der Waals surface area contributed by atoms with Crippen LogP contribution in [0.15, 0.2) is 11.8 Å². The molecule has 0 N–H and O–H groups in total. The van der Waals surface area contributed by atoms with Crippen LogP contribution < -0.4 is 0 Å². The topological polar surface area (TPSA) is 60.9 Å². The van der Waals surface area contributed by atoms with Crippen LogP contribution in [0.4, 0.5) is 0 Å². The summed E-state index contributed by atoms with van der Waals surface area (Å²) < 4.78 is 0. The van der Waals surface area contributed by atoms with E-state index in [1.807, 2.05) is 0 Å². The van der Waals surface area contributed by atoms with Crippen molar-refractivity contribution in [3.8, 4) is 0 Å². The van der Waals surface area contributed by atoms with Crippen molar-refractivity contribution in [2.45, 2.75) is 236 Å². The molecular formula is C45H73N3O3. The SMILES string of the molecule is O=C(C1CC(C(=O)N(C2CCCCC2)C2CCCCC2)CC(C(=O)N(C2CCCCC2)C2CCCCC2)C1)N(C1=CCCCC1)C1CCCCC1. The van der Waals surface area contributed by atoms with Gasteiger partial charge in [-0.05, 0) is 109 Å². The maximum Gasteiger partial charge on any atom is 0.230 e. The van der Waals surface area contributed by atoms with E-state index in [0.29, 0.717) is 55.2 Å². The highest BCUT2D eigenvalue weighted by molar-refractivity contribution is 5.87. The van der Waals surface area contributed by atoms with Gasteiger partial charge in [-0.25, -0.2) is 0 Å². The molecule has 6 fully saturated rings. The molecule has 7 aliphatic carbocycles. The summed E-state index contributed by atoms with van der Waals surface area (Å²) in [5, 5.41) is 0. The lowest BCUT2D eigenvalue weighted by Crippen LogP contribution is -2.55. The zero-order valence-corrected chi connectivity index (χ0v) is 32.4. The Morgan fingerprint density at radius 1 is 0.392 bits per heavy atom. The molecule has 0 aromatic rings. The van der Waals surface area contributed by atoms with Crippen LogP contribution in [0.1, 0.15) is 205 Å². The third-order valence-corrected chi connectivity index (χ3v) is 14.9. The van der Waals surface area contributed by atoms with Gasteiger partial charge in [-0.1, -0.05) is 102 Å². The fourth-order valence-corrected chi connectivity index (χ4v) is 12.2. The molecule has 2 atom stereocenters. The van der Waals surface area contributed by atoms with E-state index in [0.717, 1.165) is 83.5 Å². The molecule has 7 aliphatic rings. The number of rotatable bonds is 9. The van der Waals surface area contributed by atoms with Gasteiger partial charge in [0.25, 0.3) is 0 Å². The van der Waals surface area contributed by atoms with E-state index in [4.69, 9.17) is 0 Å². The van der Waals surface area contributed by atoms with Gasteiger partial charge in [0.1, 0.15) is 0 Å². The number of hydrogen-bond donors (Lipinski definition) is 0. The van der Waals surface area contributed by atoms with E-state index >= 15 is 14.4 Å². The second-order valence-corrected chi connectivity index (χ2v) is 18.4. The van der Waals surface area contributed by atoms with Crippen LogP contribution in [-0.4, -0.2) is 62.6 Å². The molecule has 6 nitrogen and oxygen atoms in total. The van der Waals surface area contributed by atoms with Crippen molar-refractivity contribution in [2.24, 2.45) is 17.8 Å². The molecule has 0 aromatic carbocycles. The largest absolute Gasteiger partial charge is 0.336 e. The van der Waals surface area contributed by atoms with Gasteiger partial charge in [0.2, 0.25) is 17.7 Å². The third-order valence-electron chi connectivity index (χ3n) is 14.9. The average Bonchev–Trinajstić information content (AvgIpc) is 3.20. The van der Waals surface area contributed by atoms with Crippen LogP contribution in [0.25, 0.3) is 0 Å². The molecule has 0 radical (unpaired) electrons. The molecule has 7 rings (SSSR count). The van der Waals surface area contributed by atoms with Crippen LogP contribution in [0, 0.1) is 17.8 Å². The van der Waals surface area contributed by atoms with E-state index < -0.39 is 0 Å². The minimum Gasteiger partial charge on any atom is -0.336 e. The zero-order chi connectivity index (χ0) is 35.0. The average molecular weight is 704 g/mol. The summed E-state index contributed by atoms with van der Waals surface area (Å²) in [6, 6.07) is 1.64. The molecule has 51 heavy (non-hydrogen) atoms. The summed E-state index contributed by atoms with van der Waals surface area (Å²) in [6.07, 6.45) is 38.5. The predicted molar refractivity (Wildman–Crippen MR) is 206 cm³/mol. The first-order valence-corrected chi connectivity index (χ1v) is 22.7. The Kier molecular flexibility index (Phi) is 13.6. The van der Waals surface area contributed by atoms with Gasteiger partial charge in [-0.15, -0.1) is 0 Å². The predicted octanol–water partition coefficient (Wildman–Crippen LogP) is 10.6. The Hall–Kier alpha value is -1.85. The van der Waals surface area contributed by atoms with Crippen LogP contribution >= 0.6 is 0 Å². The lowest BCUT2D eigenvalue weighted by Gasteiger charge is -2.47. The molecule has 0 heterocycles. The van der Waals surface area contributed by atoms with Gasteiger partial charge in [-0.3, -0.25) is 14.4 Å². The standard InChI is InChI=1S/C45H73N3O3/c49-43(46(37-19-7-1-8-20-37)38-21-9-2-10-22-38)34-31-35(44(50)47(39-23-11-3-12-24-39)40-25-13-4-14-26-40)33-36(32-34)45(51)48(41-27-15-5-16-28-41)42-29-17-6-18-30-42/h19,34-36,38-42H,1-18,20-33H2. The van der Waals surface area contributed by atoms with Gasteiger partial charge in [0.05, 0.1) is 0 Å².